The van der Waals surface area contributed by atoms with Gasteiger partial charge in [-0.2, -0.15) is 5.48 Å². The first-order valence-electron chi connectivity index (χ1n) is 3.86. The number of nitro benzene ring substituents is 1. The van der Waals surface area contributed by atoms with Gasteiger partial charge < -0.3 is 10.3 Å². The molecule has 0 heterocycles. The maximum Gasteiger partial charge on any atom is 0.269 e. The largest absolute Gasteiger partial charge is 0.370 e. The van der Waals surface area contributed by atoms with Crippen LogP contribution in [0.3, 0.4) is 0 Å². The molecular formula is C8H10N2O4. The van der Waals surface area contributed by atoms with Gasteiger partial charge in [0.2, 0.25) is 0 Å². The van der Waals surface area contributed by atoms with Gasteiger partial charge in [0.1, 0.15) is 0 Å². The third-order valence-corrected chi connectivity index (χ3v) is 1.84. The highest BCUT2D eigenvalue weighted by atomic mass is 16.6. The fourth-order valence-corrected chi connectivity index (χ4v) is 0.987. The summed E-state index contributed by atoms with van der Waals surface area (Å²) in [4.78, 5) is 9.84. The van der Waals surface area contributed by atoms with E-state index in [1.807, 2.05) is 0 Å². The fourth-order valence-electron chi connectivity index (χ4n) is 0.987. The lowest BCUT2D eigenvalue weighted by atomic mass is 10.1. The molecule has 0 bridgehead atoms. The maximum atomic E-state index is 10.4. The summed E-state index contributed by atoms with van der Waals surface area (Å²) in [7, 11) is 0. The molecule has 0 aromatic heterocycles. The molecule has 1 rings (SSSR count). The molecule has 0 fully saturated rings. The van der Waals surface area contributed by atoms with E-state index in [1.165, 1.54) is 31.2 Å². The zero-order chi connectivity index (χ0) is 10.8. The zero-order valence-corrected chi connectivity index (χ0v) is 7.47. The van der Waals surface area contributed by atoms with E-state index in [1.54, 1.807) is 5.48 Å². The van der Waals surface area contributed by atoms with Crippen LogP contribution in [0.15, 0.2) is 24.3 Å². The van der Waals surface area contributed by atoms with E-state index < -0.39 is 10.6 Å². The number of benzene rings is 1. The van der Waals surface area contributed by atoms with E-state index in [2.05, 4.69) is 0 Å². The standard InChI is InChI=1S/C8H10N2O4/c1-8(11,9-12)6-3-2-4-7(5-6)10(13)14/h2-5,9,11-12H,1H3. The van der Waals surface area contributed by atoms with Crippen molar-refractivity contribution in [2.75, 3.05) is 0 Å². The molecular weight excluding hydrogens is 188 g/mol. The van der Waals surface area contributed by atoms with Crippen LogP contribution in [0.1, 0.15) is 12.5 Å². The highest BCUT2D eigenvalue weighted by molar-refractivity contribution is 5.36. The van der Waals surface area contributed by atoms with Gasteiger partial charge in [0, 0.05) is 17.7 Å². The molecule has 1 aromatic carbocycles. The van der Waals surface area contributed by atoms with E-state index in [0.717, 1.165) is 0 Å². The summed E-state index contributed by atoms with van der Waals surface area (Å²) < 4.78 is 0. The minimum atomic E-state index is -1.69. The Labute approximate surface area is 79.9 Å². The van der Waals surface area contributed by atoms with Crippen LogP contribution in [0.25, 0.3) is 0 Å². The third-order valence-electron chi connectivity index (χ3n) is 1.84. The van der Waals surface area contributed by atoms with Gasteiger partial charge in [-0.25, -0.2) is 0 Å². The summed E-state index contributed by atoms with van der Waals surface area (Å²) in [6, 6.07) is 5.38. The number of aliphatic hydroxyl groups is 1. The van der Waals surface area contributed by atoms with Crippen molar-refractivity contribution in [3.8, 4) is 0 Å². The Morgan fingerprint density at radius 3 is 2.71 bits per heavy atom. The number of non-ortho nitro benzene ring substituents is 1. The molecule has 1 unspecified atom stereocenters. The number of rotatable bonds is 3. The topological polar surface area (TPSA) is 95.6 Å². The molecule has 6 nitrogen and oxygen atoms in total. The van der Waals surface area contributed by atoms with Crippen molar-refractivity contribution in [1.29, 1.82) is 0 Å². The number of nitrogens with one attached hydrogen (secondary N) is 1. The molecule has 3 N–H and O–H groups in total. The number of hydrogen-bond acceptors (Lipinski definition) is 5. The van der Waals surface area contributed by atoms with Gasteiger partial charge in [0.05, 0.1) is 4.92 Å². The van der Waals surface area contributed by atoms with E-state index in [-0.39, 0.29) is 11.3 Å². The molecule has 1 aromatic rings. The van der Waals surface area contributed by atoms with Crippen LogP contribution >= 0.6 is 0 Å². The second-order valence-corrected chi connectivity index (χ2v) is 2.99. The van der Waals surface area contributed by atoms with Crippen molar-refractivity contribution >= 4 is 5.69 Å². The zero-order valence-electron chi connectivity index (χ0n) is 7.47. The van der Waals surface area contributed by atoms with Gasteiger partial charge >= 0.3 is 0 Å². The quantitative estimate of drug-likeness (QED) is 0.378. The fraction of sp³-hybridized carbons (Fsp3) is 0.250. The Bertz CT molecular complexity index is 351. The Balaban J connectivity index is 3.12. The van der Waals surface area contributed by atoms with Crippen LogP contribution < -0.4 is 5.48 Å². The average molecular weight is 198 g/mol. The summed E-state index contributed by atoms with van der Waals surface area (Å²) in [6.07, 6.45) is 0. The van der Waals surface area contributed by atoms with Crippen LogP contribution in [-0.4, -0.2) is 15.2 Å². The summed E-state index contributed by atoms with van der Waals surface area (Å²) >= 11 is 0. The average Bonchev–Trinajstić information content (AvgIpc) is 2.18. The maximum absolute atomic E-state index is 10.4. The lowest BCUT2D eigenvalue weighted by Crippen LogP contribution is -2.36. The van der Waals surface area contributed by atoms with Crippen molar-refractivity contribution in [2.45, 2.75) is 12.6 Å². The third kappa shape index (κ3) is 2.05. The summed E-state index contributed by atoms with van der Waals surface area (Å²) in [6.45, 7) is 1.28. The molecule has 1 atom stereocenters. The van der Waals surface area contributed by atoms with Crippen LogP contribution in [0.5, 0.6) is 0 Å². The summed E-state index contributed by atoms with van der Waals surface area (Å²) in [5.41, 5.74) is 0.0444. The molecule has 0 saturated carbocycles. The molecule has 0 amide bonds. The van der Waals surface area contributed by atoms with Crippen LogP contribution in [0.4, 0.5) is 5.69 Å². The van der Waals surface area contributed by atoms with Crippen molar-refractivity contribution < 1.29 is 15.2 Å². The van der Waals surface area contributed by atoms with Gasteiger partial charge in [0.15, 0.2) is 5.72 Å². The first-order chi connectivity index (χ1) is 6.47. The smallest absolute Gasteiger partial charge is 0.269 e. The minimum absolute atomic E-state index is 0.141. The summed E-state index contributed by atoms with van der Waals surface area (Å²) in [5.74, 6) is 0. The number of nitrogens with zero attached hydrogens (tertiary/aromatic N) is 1. The Kier molecular flexibility index (Phi) is 2.80. The second-order valence-electron chi connectivity index (χ2n) is 2.99. The monoisotopic (exact) mass is 198 g/mol. The van der Waals surface area contributed by atoms with Gasteiger partial charge in [-0.05, 0) is 6.92 Å². The number of nitro groups is 1. The molecule has 76 valence electrons. The number of hydroxylamine groups is 1. The SMILES string of the molecule is CC(O)(NO)c1cccc([N+](=O)[O-])c1. The van der Waals surface area contributed by atoms with Crippen LogP contribution in [0.2, 0.25) is 0 Å². The molecule has 0 saturated heterocycles. The first-order valence-corrected chi connectivity index (χ1v) is 3.86. The highest BCUT2D eigenvalue weighted by Crippen LogP contribution is 2.21. The van der Waals surface area contributed by atoms with E-state index in [0.29, 0.717) is 0 Å². The lowest BCUT2D eigenvalue weighted by Gasteiger charge is -2.20. The molecule has 0 aliphatic heterocycles. The Morgan fingerprint density at radius 2 is 2.21 bits per heavy atom. The molecule has 6 heteroatoms. The van der Waals surface area contributed by atoms with E-state index in [9.17, 15) is 15.2 Å². The van der Waals surface area contributed by atoms with E-state index in [4.69, 9.17) is 5.21 Å². The van der Waals surface area contributed by atoms with Crippen molar-refractivity contribution in [3.63, 3.8) is 0 Å². The van der Waals surface area contributed by atoms with Crippen LogP contribution in [0, 0.1) is 10.1 Å². The normalized spacial score (nSPS) is 14.8. The number of hydrogen-bond donors (Lipinski definition) is 3. The van der Waals surface area contributed by atoms with Crippen molar-refractivity contribution in [3.05, 3.63) is 39.9 Å². The molecule has 0 aliphatic carbocycles. The van der Waals surface area contributed by atoms with Crippen molar-refractivity contribution in [2.24, 2.45) is 0 Å². The van der Waals surface area contributed by atoms with Gasteiger partial charge in [-0.1, -0.05) is 12.1 Å². The molecule has 14 heavy (non-hydrogen) atoms. The lowest BCUT2D eigenvalue weighted by molar-refractivity contribution is -0.385. The predicted octanol–water partition coefficient (Wildman–Crippen LogP) is 0.739. The second kappa shape index (κ2) is 3.70. The van der Waals surface area contributed by atoms with Gasteiger partial charge in [-0.3, -0.25) is 10.1 Å². The predicted molar refractivity (Wildman–Crippen MR) is 47.6 cm³/mol. The van der Waals surface area contributed by atoms with Crippen LogP contribution in [-0.2, 0) is 5.72 Å². The van der Waals surface area contributed by atoms with E-state index >= 15 is 0 Å². The molecule has 0 radical (unpaired) electrons. The first kappa shape index (κ1) is 10.6. The Hall–Kier alpha value is -1.50. The van der Waals surface area contributed by atoms with Crippen molar-refractivity contribution in [1.82, 2.24) is 5.48 Å². The molecule has 0 aliphatic rings. The highest BCUT2D eigenvalue weighted by Gasteiger charge is 2.23. The van der Waals surface area contributed by atoms with Gasteiger partial charge in [0.25, 0.3) is 5.69 Å². The molecule has 0 spiro atoms. The summed E-state index contributed by atoms with van der Waals surface area (Å²) in [5, 5.41) is 28.5. The Morgan fingerprint density at radius 1 is 1.57 bits per heavy atom. The van der Waals surface area contributed by atoms with Gasteiger partial charge in [-0.15, -0.1) is 0 Å². The minimum Gasteiger partial charge on any atom is -0.370 e.